The smallest absolute Gasteiger partial charge is 0.248 e. The summed E-state index contributed by atoms with van der Waals surface area (Å²) in [5.74, 6) is -0.473. The number of nitrogens with two attached hydrogens (primary N) is 2. The molecule has 5 rings (SSSR count). The second-order valence-electron chi connectivity index (χ2n) is 9.49. The van der Waals surface area contributed by atoms with Gasteiger partial charge in [0.25, 0.3) is 0 Å². The number of nitriles is 1. The number of nitrogens with zero attached hydrogens (tertiary/aromatic N) is 2. The quantitative estimate of drug-likeness (QED) is 0.290. The Balaban J connectivity index is 0.000000283. The number of hydrogen-bond acceptors (Lipinski definition) is 7. The summed E-state index contributed by atoms with van der Waals surface area (Å²) in [7, 11) is -7.36. The molecule has 0 spiro atoms. The Kier molecular flexibility index (Phi) is 9.39. The largest absolute Gasteiger partial charge is 0.366 e. The summed E-state index contributed by atoms with van der Waals surface area (Å²) in [6.07, 6.45) is 0.806. The van der Waals surface area contributed by atoms with Gasteiger partial charge in [0, 0.05) is 17.8 Å². The molecular weight excluding hydrogens is 574 g/mol. The molecule has 1 heterocycles. The highest BCUT2D eigenvalue weighted by Gasteiger charge is 2.30. The number of anilines is 1. The summed E-state index contributed by atoms with van der Waals surface area (Å²) < 4.78 is 50.3. The normalized spacial score (nSPS) is 14.6. The molecule has 216 valence electrons. The molecule has 0 saturated heterocycles. The summed E-state index contributed by atoms with van der Waals surface area (Å²) in [5.41, 5.74) is 9.12. The lowest BCUT2D eigenvalue weighted by Crippen LogP contribution is -2.50. The molecule has 1 aliphatic rings. The maximum absolute atomic E-state index is 13.0. The lowest BCUT2D eigenvalue weighted by Gasteiger charge is -2.39. The fraction of sp³-hybridized carbons (Fsp3) is 0.133. The van der Waals surface area contributed by atoms with Gasteiger partial charge in [-0.15, -0.1) is 0 Å². The van der Waals surface area contributed by atoms with Crippen molar-refractivity contribution < 1.29 is 21.6 Å². The molecule has 5 N–H and O–H groups in total. The second kappa shape index (κ2) is 13.0. The van der Waals surface area contributed by atoms with E-state index in [0.717, 1.165) is 16.8 Å². The third-order valence-electron chi connectivity index (χ3n) is 6.57. The molecule has 1 unspecified atom stereocenters. The summed E-state index contributed by atoms with van der Waals surface area (Å²) >= 11 is 0. The van der Waals surface area contributed by atoms with Crippen LogP contribution in [0.2, 0.25) is 0 Å². The maximum atomic E-state index is 13.0. The first-order chi connectivity index (χ1) is 20.0. The van der Waals surface area contributed by atoms with E-state index in [1.165, 1.54) is 24.3 Å². The molecule has 4 aromatic rings. The number of fused-ring (bicyclic) bond motifs is 1. The zero-order chi connectivity index (χ0) is 30.3. The predicted molar refractivity (Wildman–Crippen MR) is 159 cm³/mol. The standard InChI is InChI=1S/C23H23N3O3S.C7H6N2O2S/c24-23(27)19-11-13-21-18(15-19)12-14-22(26(21)16-17-7-3-1-4-8-17)25-30(28,29)20-9-5-2-6-10-20;8-5-6-2-1-3-7(4-6)12(9,10)11/h1-11,13,15,22,25H,12,14,16H2,(H2,24,27);1-4H,(H2,9,10,11). The van der Waals surface area contributed by atoms with Crippen LogP contribution in [0.25, 0.3) is 0 Å². The minimum Gasteiger partial charge on any atom is -0.366 e. The molecule has 42 heavy (non-hydrogen) atoms. The summed E-state index contributed by atoms with van der Waals surface area (Å²) in [6, 6.07) is 31.0. The zero-order valence-corrected chi connectivity index (χ0v) is 24.1. The van der Waals surface area contributed by atoms with Crippen LogP contribution in [0.5, 0.6) is 0 Å². The zero-order valence-electron chi connectivity index (χ0n) is 22.4. The van der Waals surface area contributed by atoms with E-state index in [-0.39, 0.29) is 15.4 Å². The van der Waals surface area contributed by atoms with E-state index < -0.39 is 32.1 Å². The Bertz CT molecular complexity index is 1830. The topological polar surface area (TPSA) is 176 Å². The molecule has 0 aromatic heterocycles. The number of aryl methyl sites for hydroxylation is 1. The Morgan fingerprint density at radius 3 is 2.14 bits per heavy atom. The lowest BCUT2D eigenvalue weighted by molar-refractivity contribution is 0.1000. The molecule has 4 aromatic carbocycles. The van der Waals surface area contributed by atoms with E-state index >= 15 is 0 Å². The SMILES string of the molecule is N#Cc1cccc(S(N)(=O)=O)c1.NC(=O)c1ccc2c(c1)CCC(NS(=O)(=O)c1ccccc1)N2Cc1ccccc1. The third-order valence-corrected chi connectivity index (χ3v) is 8.96. The van der Waals surface area contributed by atoms with Crippen molar-refractivity contribution >= 4 is 31.6 Å². The fourth-order valence-electron chi connectivity index (χ4n) is 4.52. The predicted octanol–water partition coefficient (Wildman–Crippen LogP) is 3.25. The van der Waals surface area contributed by atoms with Gasteiger partial charge in [0.2, 0.25) is 26.0 Å². The number of rotatable bonds is 7. The molecule has 1 amide bonds. The number of amides is 1. The van der Waals surface area contributed by atoms with Crippen molar-refractivity contribution in [3.8, 4) is 6.07 Å². The number of hydrogen-bond donors (Lipinski definition) is 3. The van der Waals surface area contributed by atoms with Crippen LogP contribution in [-0.2, 0) is 33.0 Å². The number of benzene rings is 4. The first-order valence-corrected chi connectivity index (χ1v) is 15.8. The molecule has 0 saturated carbocycles. The van der Waals surface area contributed by atoms with Gasteiger partial charge in [-0.2, -0.15) is 9.98 Å². The van der Waals surface area contributed by atoms with Gasteiger partial charge < -0.3 is 10.6 Å². The minimum atomic E-state index is -3.69. The van der Waals surface area contributed by atoms with Gasteiger partial charge in [-0.1, -0.05) is 54.6 Å². The summed E-state index contributed by atoms with van der Waals surface area (Å²) in [5, 5.41) is 13.3. The van der Waals surface area contributed by atoms with Gasteiger partial charge in [0.15, 0.2) is 0 Å². The molecule has 1 atom stereocenters. The van der Waals surface area contributed by atoms with Crippen molar-refractivity contribution in [1.82, 2.24) is 4.72 Å². The number of carbonyl (C=O) groups excluding carboxylic acids is 1. The molecular formula is C30H29N5O5S2. The van der Waals surface area contributed by atoms with E-state index in [0.29, 0.717) is 24.9 Å². The van der Waals surface area contributed by atoms with Crippen molar-refractivity contribution in [3.63, 3.8) is 0 Å². The number of nitrogens with one attached hydrogen (secondary N) is 1. The van der Waals surface area contributed by atoms with Crippen LogP contribution < -0.4 is 20.5 Å². The molecule has 0 bridgehead atoms. The number of sulfonamides is 2. The van der Waals surface area contributed by atoms with Gasteiger partial charge in [-0.25, -0.2) is 22.0 Å². The van der Waals surface area contributed by atoms with Crippen LogP contribution in [0.1, 0.15) is 33.5 Å². The average Bonchev–Trinajstić information content (AvgIpc) is 2.99. The molecule has 12 heteroatoms. The van der Waals surface area contributed by atoms with Crippen LogP contribution in [0.4, 0.5) is 5.69 Å². The van der Waals surface area contributed by atoms with Crippen LogP contribution in [0.3, 0.4) is 0 Å². The number of carbonyl (C=O) groups is 1. The molecule has 10 nitrogen and oxygen atoms in total. The Morgan fingerprint density at radius 1 is 0.881 bits per heavy atom. The van der Waals surface area contributed by atoms with Gasteiger partial charge >= 0.3 is 0 Å². The van der Waals surface area contributed by atoms with Gasteiger partial charge in [-0.05, 0) is 72.5 Å². The monoisotopic (exact) mass is 603 g/mol. The average molecular weight is 604 g/mol. The summed E-state index contributed by atoms with van der Waals surface area (Å²) in [6.45, 7) is 0.533. The number of primary amides is 1. The first-order valence-electron chi connectivity index (χ1n) is 12.8. The van der Waals surface area contributed by atoms with Crippen LogP contribution >= 0.6 is 0 Å². The van der Waals surface area contributed by atoms with Gasteiger partial charge in [0.05, 0.1) is 27.6 Å². The highest BCUT2D eigenvalue weighted by molar-refractivity contribution is 7.89. The van der Waals surface area contributed by atoms with Crippen molar-refractivity contribution in [2.24, 2.45) is 10.9 Å². The molecule has 0 aliphatic carbocycles. The fourth-order valence-corrected chi connectivity index (χ4v) is 6.34. The van der Waals surface area contributed by atoms with Crippen LogP contribution in [0, 0.1) is 11.3 Å². The molecule has 0 radical (unpaired) electrons. The highest BCUT2D eigenvalue weighted by Crippen LogP contribution is 2.33. The first kappa shape index (κ1) is 30.4. The van der Waals surface area contributed by atoms with Crippen LogP contribution in [0.15, 0.2) is 113 Å². The number of primary sulfonamides is 1. The third kappa shape index (κ3) is 7.59. The van der Waals surface area contributed by atoms with Gasteiger partial charge in [0.1, 0.15) is 0 Å². The van der Waals surface area contributed by atoms with Crippen molar-refractivity contribution in [2.45, 2.75) is 35.3 Å². The Labute approximate surface area is 245 Å². The van der Waals surface area contributed by atoms with E-state index in [9.17, 15) is 21.6 Å². The Morgan fingerprint density at radius 2 is 1.52 bits per heavy atom. The van der Waals surface area contributed by atoms with Crippen LogP contribution in [-0.4, -0.2) is 28.9 Å². The van der Waals surface area contributed by atoms with E-state index in [4.69, 9.17) is 16.1 Å². The molecule has 0 fully saturated rings. The highest BCUT2D eigenvalue weighted by atomic mass is 32.2. The van der Waals surface area contributed by atoms with E-state index in [2.05, 4.69) is 4.72 Å². The van der Waals surface area contributed by atoms with Crippen molar-refractivity contribution in [1.29, 1.82) is 5.26 Å². The Hall–Kier alpha value is -4.54. The second-order valence-corrected chi connectivity index (χ2v) is 12.8. The minimum absolute atomic E-state index is 0.0402. The van der Waals surface area contributed by atoms with Crippen molar-refractivity contribution in [3.05, 3.63) is 125 Å². The summed E-state index contributed by atoms with van der Waals surface area (Å²) in [4.78, 5) is 13.8. The maximum Gasteiger partial charge on any atom is 0.248 e. The molecule has 1 aliphatic heterocycles. The lowest BCUT2D eigenvalue weighted by atomic mass is 9.96. The van der Waals surface area contributed by atoms with E-state index in [1.807, 2.05) is 47.4 Å². The van der Waals surface area contributed by atoms with E-state index in [1.54, 1.807) is 42.5 Å². The van der Waals surface area contributed by atoms with Crippen molar-refractivity contribution in [2.75, 3.05) is 4.90 Å². The van der Waals surface area contributed by atoms with Gasteiger partial charge in [-0.3, -0.25) is 4.79 Å².